The summed E-state index contributed by atoms with van der Waals surface area (Å²) in [5, 5.41) is 0. The molecule has 0 radical (unpaired) electrons. The van der Waals surface area contributed by atoms with Crippen LogP contribution < -0.4 is 4.31 Å². The number of amides is 1. The molecule has 0 saturated carbocycles. The Morgan fingerprint density at radius 1 is 1.12 bits per heavy atom. The zero-order chi connectivity index (χ0) is 18.7. The standard InChI is InChI=1S/C19H21FN2O3S/c1-21(14-16-6-2-3-7-18(16)20)19(23)15-8-10-17(11-9-15)22-12-4-5-13-26(22,24)25/h2-3,6-11H,4-5,12-14H2,1H3. The highest BCUT2D eigenvalue weighted by atomic mass is 32.2. The van der Waals surface area contributed by atoms with Gasteiger partial charge in [0.15, 0.2) is 0 Å². The number of halogens is 1. The van der Waals surface area contributed by atoms with Crippen LogP contribution in [0, 0.1) is 5.82 Å². The van der Waals surface area contributed by atoms with E-state index in [0.29, 0.717) is 29.8 Å². The lowest BCUT2D eigenvalue weighted by atomic mass is 10.1. The topological polar surface area (TPSA) is 57.7 Å². The van der Waals surface area contributed by atoms with E-state index >= 15 is 0 Å². The Kier molecular flexibility index (Phi) is 5.27. The lowest BCUT2D eigenvalue weighted by Crippen LogP contribution is -2.37. The molecule has 7 heteroatoms. The summed E-state index contributed by atoms with van der Waals surface area (Å²) in [7, 11) is -1.67. The normalized spacial score (nSPS) is 16.3. The highest BCUT2D eigenvalue weighted by molar-refractivity contribution is 7.92. The van der Waals surface area contributed by atoms with Gasteiger partial charge < -0.3 is 4.90 Å². The van der Waals surface area contributed by atoms with Crippen molar-refractivity contribution in [3.8, 4) is 0 Å². The summed E-state index contributed by atoms with van der Waals surface area (Å²) < 4.78 is 39.5. The van der Waals surface area contributed by atoms with Crippen molar-refractivity contribution < 1.29 is 17.6 Å². The van der Waals surface area contributed by atoms with Crippen LogP contribution in [0.4, 0.5) is 10.1 Å². The molecule has 0 spiro atoms. The van der Waals surface area contributed by atoms with Gasteiger partial charge in [-0.25, -0.2) is 12.8 Å². The number of nitrogens with zero attached hydrogens (tertiary/aromatic N) is 2. The van der Waals surface area contributed by atoms with Gasteiger partial charge >= 0.3 is 0 Å². The van der Waals surface area contributed by atoms with Crippen molar-refractivity contribution in [2.45, 2.75) is 19.4 Å². The number of hydrogen-bond donors (Lipinski definition) is 0. The van der Waals surface area contributed by atoms with E-state index in [1.54, 1.807) is 49.5 Å². The first-order chi connectivity index (χ1) is 12.4. The van der Waals surface area contributed by atoms with Crippen molar-refractivity contribution in [1.29, 1.82) is 0 Å². The van der Waals surface area contributed by atoms with E-state index in [1.807, 2.05) is 0 Å². The molecule has 5 nitrogen and oxygen atoms in total. The molecule has 0 bridgehead atoms. The summed E-state index contributed by atoms with van der Waals surface area (Å²) in [6.45, 7) is 0.622. The van der Waals surface area contributed by atoms with Crippen LogP contribution in [-0.2, 0) is 16.6 Å². The van der Waals surface area contributed by atoms with Crippen molar-refractivity contribution in [1.82, 2.24) is 4.90 Å². The van der Waals surface area contributed by atoms with Gasteiger partial charge in [0.05, 0.1) is 11.4 Å². The van der Waals surface area contributed by atoms with E-state index in [4.69, 9.17) is 0 Å². The molecular formula is C19H21FN2O3S. The average molecular weight is 376 g/mol. The van der Waals surface area contributed by atoms with Crippen LogP contribution in [0.15, 0.2) is 48.5 Å². The number of sulfonamides is 1. The molecular weight excluding hydrogens is 355 g/mol. The summed E-state index contributed by atoms with van der Waals surface area (Å²) in [5.41, 5.74) is 1.44. The van der Waals surface area contributed by atoms with E-state index in [2.05, 4.69) is 0 Å². The van der Waals surface area contributed by atoms with Crippen LogP contribution in [0.2, 0.25) is 0 Å². The highest BCUT2D eigenvalue weighted by Gasteiger charge is 2.26. The van der Waals surface area contributed by atoms with E-state index in [-0.39, 0.29) is 24.0 Å². The smallest absolute Gasteiger partial charge is 0.253 e. The SMILES string of the molecule is CN(Cc1ccccc1F)C(=O)c1ccc(N2CCCCS2(=O)=O)cc1. The predicted molar refractivity (Wildman–Crippen MR) is 99.0 cm³/mol. The van der Waals surface area contributed by atoms with Gasteiger partial charge in [0.25, 0.3) is 5.91 Å². The third-order valence-electron chi connectivity index (χ3n) is 4.46. The molecule has 1 fully saturated rings. The number of rotatable bonds is 4. The molecule has 0 unspecified atom stereocenters. The lowest BCUT2D eigenvalue weighted by molar-refractivity contribution is 0.0784. The van der Waals surface area contributed by atoms with E-state index in [9.17, 15) is 17.6 Å². The van der Waals surface area contributed by atoms with Crippen molar-refractivity contribution in [3.05, 3.63) is 65.5 Å². The highest BCUT2D eigenvalue weighted by Crippen LogP contribution is 2.24. The van der Waals surface area contributed by atoms with Crippen LogP contribution >= 0.6 is 0 Å². The predicted octanol–water partition coefficient (Wildman–Crippen LogP) is 3.03. The molecule has 1 aliphatic rings. The fourth-order valence-electron chi connectivity index (χ4n) is 3.02. The van der Waals surface area contributed by atoms with Gasteiger partial charge in [-0.05, 0) is 43.2 Å². The van der Waals surface area contributed by atoms with E-state index in [1.165, 1.54) is 15.3 Å². The van der Waals surface area contributed by atoms with Gasteiger partial charge in [-0.1, -0.05) is 18.2 Å². The molecule has 2 aromatic rings. The number of carbonyl (C=O) groups excluding carboxylic acids is 1. The van der Waals surface area contributed by atoms with Crippen molar-refractivity contribution in [3.63, 3.8) is 0 Å². The first-order valence-corrected chi connectivity index (χ1v) is 10.1. The van der Waals surface area contributed by atoms with Crippen LogP contribution in [0.1, 0.15) is 28.8 Å². The Hall–Kier alpha value is -2.41. The van der Waals surface area contributed by atoms with Gasteiger partial charge in [0.2, 0.25) is 10.0 Å². The second-order valence-corrected chi connectivity index (χ2v) is 8.41. The molecule has 0 atom stereocenters. The summed E-state index contributed by atoms with van der Waals surface area (Å²) in [4.78, 5) is 14.0. The molecule has 0 N–H and O–H groups in total. The number of carbonyl (C=O) groups is 1. The molecule has 0 aliphatic carbocycles. The largest absolute Gasteiger partial charge is 0.337 e. The van der Waals surface area contributed by atoms with Gasteiger partial charge in [-0.3, -0.25) is 9.10 Å². The third-order valence-corrected chi connectivity index (χ3v) is 6.33. The zero-order valence-corrected chi connectivity index (χ0v) is 15.4. The Morgan fingerprint density at radius 3 is 2.46 bits per heavy atom. The Labute approximate surface area is 153 Å². The van der Waals surface area contributed by atoms with Crippen LogP contribution in [0.5, 0.6) is 0 Å². The Balaban J connectivity index is 1.73. The molecule has 1 heterocycles. The second-order valence-electron chi connectivity index (χ2n) is 6.39. The fraction of sp³-hybridized carbons (Fsp3) is 0.316. The van der Waals surface area contributed by atoms with Gasteiger partial charge in [0.1, 0.15) is 5.82 Å². The minimum absolute atomic E-state index is 0.152. The monoisotopic (exact) mass is 376 g/mol. The number of hydrogen-bond acceptors (Lipinski definition) is 3. The first kappa shape index (κ1) is 18.4. The van der Waals surface area contributed by atoms with Gasteiger partial charge in [0, 0.05) is 31.3 Å². The maximum absolute atomic E-state index is 13.7. The summed E-state index contributed by atoms with van der Waals surface area (Å²) >= 11 is 0. The molecule has 138 valence electrons. The molecule has 2 aromatic carbocycles. The maximum Gasteiger partial charge on any atom is 0.253 e. The average Bonchev–Trinajstić information content (AvgIpc) is 2.63. The molecule has 0 aromatic heterocycles. The quantitative estimate of drug-likeness (QED) is 0.824. The molecule has 1 saturated heterocycles. The minimum Gasteiger partial charge on any atom is -0.337 e. The lowest BCUT2D eigenvalue weighted by Gasteiger charge is -2.28. The van der Waals surface area contributed by atoms with Gasteiger partial charge in [-0.2, -0.15) is 0 Å². The van der Waals surface area contributed by atoms with Crippen LogP contribution in [0.3, 0.4) is 0 Å². The molecule has 1 aliphatic heterocycles. The summed E-state index contributed by atoms with van der Waals surface area (Å²) in [5.74, 6) is -0.446. The van der Waals surface area contributed by atoms with Crippen LogP contribution in [0.25, 0.3) is 0 Å². The molecule has 1 amide bonds. The summed E-state index contributed by atoms with van der Waals surface area (Å²) in [6, 6.07) is 12.9. The van der Waals surface area contributed by atoms with Crippen molar-refractivity contribution in [2.75, 3.05) is 23.7 Å². The first-order valence-electron chi connectivity index (χ1n) is 8.48. The molecule has 26 heavy (non-hydrogen) atoms. The minimum atomic E-state index is -3.28. The number of anilines is 1. The van der Waals surface area contributed by atoms with Crippen molar-refractivity contribution >= 4 is 21.6 Å². The van der Waals surface area contributed by atoms with Crippen LogP contribution in [-0.4, -0.2) is 38.6 Å². The van der Waals surface area contributed by atoms with E-state index < -0.39 is 10.0 Å². The fourth-order valence-corrected chi connectivity index (χ4v) is 4.66. The summed E-state index contributed by atoms with van der Waals surface area (Å²) in [6.07, 6.45) is 1.50. The second kappa shape index (κ2) is 7.45. The van der Waals surface area contributed by atoms with Gasteiger partial charge in [-0.15, -0.1) is 0 Å². The van der Waals surface area contributed by atoms with E-state index in [0.717, 1.165) is 6.42 Å². The Morgan fingerprint density at radius 2 is 1.81 bits per heavy atom. The zero-order valence-electron chi connectivity index (χ0n) is 14.6. The molecule has 3 rings (SSSR count). The Bertz CT molecular complexity index is 897. The van der Waals surface area contributed by atoms with Crippen molar-refractivity contribution in [2.24, 2.45) is 0 Å². The number of benzene rings is 2. The maximum atomic E-state index is 13.7. The third kappa shape index (κ3) is 3.88.